The lowest BCUT2D eigenvalue weighted by atomic mass is 10.3. The van der Waals surface area contributed by atoms with Crippen LogP contribution in [0.15, 0.2) is 15.6 Å². The molecule has 0 aromatic carbocycles. The van der Waals surface area contributed by atoms with Crippen molar-refractivity contribution >= 4 is 21.7 Å². The second-order valence-corrected chi connectivity index (χ2v) is 5.05. The van der Waals surface area contributed by atoms with Gasteiger partial charge in [0.2, 0.25) is 0 Å². The molecular formula is C11H16BrN3O. The van der Waals surface area contributed by atoms with Crippen LogP contribution in [-0.2, 0) is 0 Å². The molecule has 0 bridgehead atoms. The second kappa shape index (κ2) is 4.99. The first-order chi connectivity index (χ1) is 7.72. The quantitative estimate of drug-likeness (QED) is 0.902. The van der Waals surface area contributed by atoms with E-state index < -0.39 is 0 Å². The zero-order valence-electron chi connectivity index (χ0n) is 9.37. The lowest BCUT2D eigenvalue weighted by molar-refractivity contribution is 0.695. The number of nitrogens with one attached hydrogen (secondary N) is 1. The Hall–Kier alpha value is -0.840. The number of halogens is 1. The van der Waals surface area contributed by atoms with Gasteiger partial charge in [-0.3, -0.25) is 4.79 Å². The molecule has 16 heavy (non-hydrogen) atoms. The Bertz CT molecular complexity index is 414. The highest BCUT2D eigenvalue weighted by molar-refractivity contribution is 9.10. The summed E-state index contributed by atoms with van der Waals surface area (Å²) in [6.07, 6.45) is 5.15. The van der Waals surface area contributed by atoms with E-state index in [1.807, 2.05) is 0 Å². The van der Waals surface area contributed by atoms with E-state index in [1.165, 1.54) is 19.2 Å². The molecule has 88 valence electrons. The fourth-order valence-electron chi connectivity index (χ4n) is 1.76. The lowest BCUT2D eigenvalue weighted by Gasteiger charge is -2.23. The maximum atomic E-state index is 11.5. The minimum Gasteiger partial charge on any atom is -0.355 e. The Kier molecular flexibility index (Phi) is 3.63. The molecule has 1 aliphatic carbocycles. The smallest absolute Gasteiger partial charge is 0.267 e. The molecule has 0 atom stereocenters. The summed E-state index contributed by atoms with van der Waals surface area (Å²) in [5.41, 5.74) is -0.109. The summed E-state index contributed by atoms with van der Waals surface area (Å²) < 4.78 is 0.545. The van der Waals surface area contributed by atoms with Crippen LogP contribution in [0.5, 0.6) is 0 Å². The van der Waals surface area contributed by atoms with Crippen molar-refractivity contribution in [3.8, 4) is 0 Å². The van der Waals surface area contributed by atoms with Crippen molar-refractivity contribution in [2.45, 2.75) is 26.2 Å². The summed E-state index contributed by atoms with van der Waals surface area (Å²) in [5, 5.41) is 0. The first-order valence-electron chi connectivity index (χ1n) is 5.70. The molecule has 0 radical (unpaired) electrons. The van der Waals surface area contributed by atoms with Gasteiger partial charge in [0.1, 0.15) is 10.3 Å². The van der Waals surface area contributed by atoms with Crippen molar-refractivity contribution in [3.05, 3.63) is 21.2 Å². The second-order valence-electron chi connectivity index (χ2n) is 4.26. The molecular weight excluding hydrogens is 270 g/mol. The van der Waals surface area contributed by atoms with Crippen LogP contribution in [0, 0.1) is 5.92 Å². The van der Waals surface area contributed by atoms with Gasteiger partial charge in [0.15, 0.2) is 0 Å². The van der Waals surface area contributed by atoms with E-state index in [0.29, 0.717) is 4.47 Å². The zero-order chi connectivity index (χ0) is 11.5. The van der Waals surface area contributed by atoms with Crippen LogP contribution in [0.3, 0.4) is 0 Å². The van der Waals surface area contributed by atoms with Crippen molar-refractivity contribution < 1.29 is 0 Å². The Morgan fingerprint density at radius 1 is 1.62 bits per heavy atom. The highest BCUT2D eigenvalue weighted by Crippen LogP contribution is 2.32. The van der Waals surface area contributed by atoms with Crippen molar-refractivity contribution in [1.82, 2.24) is 9.97 Å². The third-order valence-corrected chi connectivity index (χ3v) is 3.46. The molecule has 1 aromatic heterocycles. The van der Waals surface area contributed by atoms with E-state index >= 15 is 0 Å². The van der Waals surface area contributed by atoms with E-state index in [4.69, 9.17) is 0 Å². The van der Waals surface area contributed by atoms with Gasteiger partial charge in [0, 0.05) is 13.1 Å². The first kappa shape index (κ1) is 11.6. The molecule has 1 saturated carbocycles. The molecule has 1 heterocycles. The minimum absolute atomic E-state index is 0.109. The molecule has 1 N–H and O–H groups in total. The molecule has 1 aromatic rings. The third kappa shape index (κ3) is 2.64. The predicted octanol–water partition coefficient (Wildman–Crippen LogP) is 2.16. The number of aromatic nitrogens is 2. The Labute approximate surface area is 103 Å². The number of H-pyrrole nitrogens is 1. The van der Waals surface area contributed by atoms with Gasteiger partial charge >= 0.3 is 0 Å². The molecule has 0 spiro atoms. The monoisotopic (exact) mass is 285 g/mol. The van der Waals surface area contributed by atoms with Crippen LogP contribution >= 0.6 is 15.9 Å². The van der Waals surface area contributed by atoms with Crippen LogP contribution in [0.25, 0.3) is 0 Å². The van der Waals surface area contributed by atoms with Gasteiger partial charge in [-0.05, 0) is 41.1 Å². The van der Waals surface area contributed by atoms with Gasteiger partial charge in [0.25, 0.3) is 5.56 Å². The van der Waals surface area contributed by atoms with E-state index in [0.717, 1.165) is 31.2 Å². The number of hydrogen-bond acceptors (Lipinski definition) is 3. The van der Waals surface area contributed by atoms with Crippen LogP contribution < -0.4 is 10.5 Å². The van der Waals surface area contributed by atoms with Crippen molar-refractivity contribution in [2.75, 3.05) is 18.0 Å². The van der Waals surface area contributed by atoms with Crippen molar-refractivity contribution in [1.29, 1.82) is 0 Å². The van der Waals surface area contributed by atoms with E-state index in [2.05, 4.69) is 37.7 Å². The highest BCUT2D eigenvalue weighted by atomic mass is 79.9. The fourth-order valence-corrected chi connectivity index (χ4v) is 2.23. The molecule has 0 saturated heterocycles. The largest absolute Gasteiger partial charge is 0.355 e. The lowest BCUT2D eigenvalue weighted by Crippen LogP contribution is -2.29. The summed E-state index contributed by atoms with van der Waals surface area (Å²) >= 11 is 3.31. The molecule has 4 nitrogen and oxygen atoms in total. The number of rotatable bonds is 5. The first-order valence-corrected chi connectivity index (χ1v) is 6.49. The average molecular weight is 286 g/mol. The van der Waals surface area contributed by atoms with Crippen LogP contribution in [-0.4, -0.2) is 23.1 Å². The SMILES string of the molecule is CCCN(CC1CC1)c1nc[nH]c(=O)c1Br. The van der Waals surface area contributed by atoms with E-state index in [9.17, 15) is 4.79 Å². The summed E-state index contributed by atoms with van der Waals surface area (Å²) in [6.45, 7) is 4.11. The Balaban J connectivity index is 2.22. The fraction of sp³-hybridized carbons (Fsp3) is 0.636. The molecule has 0 unspecified atom stereocenters. The van der Waals surface area contributed by atoms with Crippen LogP contribution in [0.1, 0.15) is 26.2 Å². The molecule has 5 heteroatoms. The molecule has 0 aliphatic heterocycles. The zero-order valence-corrected chi connectivity index (χ0v) is 11.0. The van der Waals surface area contributed by atoms with Gasteiger partial charge in [-0.25, -0.2) is 4.98 Å². The van der Waals surface area contributed by atoms with Gasteiger partial charge < -0.3 is 9.88 Å². The van der Waals surface area contributed by atoms with Gasteiger partial charge in [0.05, 0.1) is 6.33 Å². The maximum Gasteiger partial charge on any atom is 0.267 e. The number of hydrogen-bond donors (Lipinski definition) is 1. The maximum absolute atomic E-state index is 11.5. The highest BCUT2D eigenvalue weighted by Gasteiger charge is 2.25. The summed E-state index contributed by atoms with van der Waals surface area (Å²) in [4.78, 5) is 20.5. The Morgan fingerprint density at radius 3 is 3.00 bits per heavy atom. The standard InChI is InChI=1S/C11H16BrN3O/c1-2-5-15(6-8-3-4-8)10-9(12)11(16)14-7-13-10/h7-8H,2-6H2,1H3,(H,13,14,16). The summed E-state index contributed by atoms with van der Waals surface area (Å²) in [6, 6.07) is 0. The number of anilines is 1. The summed E-state index contributed by atoms with van der Waals surface area (Å²) in [5.74, 6) is 1.57. The van der Waals surface area contributed by atoms with Crippen LogP contribution in [0.4, 0.5) is 5.82 Å². The van der Waals surface area contributed by atoms with Gasteiger partial charge in [-0.1, -0.05) is 6.92 Å². The normalized spacial score (nSPS) is 15.1. The van der Waals surface area contributed by atoms with Gasteiger partial charge in [-0.15, -0.1) is 0 Å². The third-order valence-electron chi connectivity index (χ3n) is 2.75. The topological polar surface area (TPSA) is 49.0 Å². The summed E-state index contributed by atoms with van der Waals surface area (Å²) in [7, 11) is 0. The number of nitrogens with zero attached hydrogens (tertiary/aromatic N) is 2. The Morgan fingerprint density at radius 2 is 2.38 bits per heavy atom. The van der Waals surface area contributed by atoms with E-state index in [1.54, 1.807) is 0 Å². The molecule has 1 fully saturated rings. The van der Waals surface area contributed by atoms with Crippen molar-refractivity contribution in [3.63, 3.8) is 0 Å². The molecule has 2 rings (SSSR count). The molecule has 1 aliphatic rings. The van der Waals surface area contributed by atoms with Crippen molar-refractivity contribution in [2.24, 2.45) is 5.92 Å². The van der Waals surface area contributed by atoms with E-state index in [-0.39, 0.29) is 5.56 Å². The average Bonchev–Trinajstić information content (AvgIpc) is 3.06. The number of aromatic amines is 1. The minimum atomic E-state index is -0.109. The predicted molar refractivity (Wildman–Crippen MR) is 67.8 cm³/mol. The molecule has 0 amide bonds. The van der Waals surface area contributed by atoms with Crippen LogP contribution in [0.2, 0.25) is 0 Å². The van der Waals surface area contributed by atoms with Gasteiger partial charge in [-0.2, -0.15) is 0 Å².